The van der Waals surface area contributed by atoms with Gasteiger partial charge < -0.3 is 21.3 Å². The largest absolute Gasteiger partial charge is 0.369 e. The van der Waals surface area contributed by atoms with E-state index in [1.165, 1.54) is 0 Å². The second-order valence-corrected chi connectivity index (χ2v) is 6.70. The summed E-state index contributed by atoms with van der Waals surface area (Å²) in [5, 5.41) is 13.2. The van der Waals surface area contributed by atoms with Gasteiger partial charge in [-0.2, -0.15) is 0 Å². The summed E-state index contributed by atoms with van der Waals surface area (Å²) in [4.78, 5) is 25.6. The molecule has 0 radical (unpaired) electrons. The van der Waals surface area contributed by atoms with Crippen molar-refractivity contribution in [3.8, 4) is 5.69 Å². The number of hydrogen-bond donors (Lipinski definition) is 3. The quantitative estimate of drug-likeness (QED) is 0.627. The van der Waals surface area contributed by atoms with E-state index in [-0.39, 0.29) is 17.9 Å². The fourth-order valence-electron chi connectivity index (χ4n) is 3.25. The number of nitrogens with one attached hydrogen (secondary N) is 2. The molecule has 2 aromatic rings. The molecular formula is C18H25N7O2. The minimum Gasteiger partial charge on any atom is -0.369 e. The molecule has 3 rings (SSSR count). The molecule has 0 spiro atoms. The number of hydrogen-bond acceptors (Lipinski definition) is 5. The Hall–Kier alpha value is -2.94. The molecule has 1 aliphatic heterocycles. The molecule has 4 N–H and O–H groups in total. The summed E-state index contributed by atoms with van der Waals surface area (Å²) in [5.74, 6) is -0.265. The van der Waals surface area contributed by atoms with Gasteiger partial charge in [-0.1, -0.05) is 6.07 Å². The van der Waals surface area contributed by atoms with Crippen LogP contribution in [0, 0.1) is 5.92 Å². The lowest BCUT2D eigenvalue weighted by Crippen LogP contribution is -2.42. The first-order valence-corrected chi connectivity index (χ1v) is 9.13. The van der Waals surface area contributed by atoms with Crippen LogP contribution in [-0.2, 0) is 4.79 Å². The molecule has 1 fully saturated rings. The van der Waals surface area contributed by atoms with Crippen molar-refractivity contribution in [2.24, 2.45) is 11.7 Å². The number of nitrogens with two attached hydrogens (primary N) is 1. The number of rotatable bonds is 7. The summed E-state index contributed by atoms with van der Waals surface area (Å²) in [6, 6.07) is 7.19. The lowest BCUT2D eigenvalue weighted by Gasteiger charge is -2.31. The predicted molar refractivity (Wildman–Crippen MR) is 101 cm³/mol. The molecule has 9 nitrogen and oxygen atoms in total. The van der Waals surface area contributed by atoms with Crippen molar-refractivity contribution in [2.75, 3.05) is 31.5 Å². The molecule has 0 aliphatic carbocycles. The van der Waals surface area contributed by atoms with Crippen LogP contribution in [0.4, 0.5) is 10.5 Å². The minimum absolute atomic E-state index is 0.0482. The van der Waals surface area contributed by atoms with Crippen molar-refractivity contribution in [3.05, 3.63) is 36.9 Å². The molecule has 3 amide bonds. The maximum atomic E-state index is 12.1. The lowest BCUT2D eigenvalue weighted by molar-refractivity contribution is -0.123. The third-order valence-electron chi connectivity index (χ3n) is 4.67. The van der Waals surface area contributed by atoms with Gasteiger partial charge in [-0.3, -0.25) is 9.36 Å². The summed E-state index contributed by atoms with van der Waals surface area (Å²) in [6.07, 6.45) is 5.88. The van der Waals surface area contributed by atoms with Gasteiger partial charge in [0.1, 0.15) is 12.7 Å². The van der Waals surface area contributed by atoms with Gasteiger partial charge in [0.25, 0.3) is 0 Å². The van der Waals surface area contributed by atoms with Gasteiger partial charge in [-0.15, -0.1) is 10.2 Å². The highest BCUT2D eigenvalue weighted by Gasteiger charge is 2.23. The lowest BCUT2D eigenvalue weighted by atomic mass is 9.97. The molecule has 1 saturated heterocycles. The highest BCUT2D eigenvalue weighted by atomic mass is 16.2. The van der Waals surface area contributed by atoms with E-state index in [4.69, 9.17) is 5.73 Å². The second kappa shape index (κ2) is 9.13. The fraction of sp³-hybridized carbons (Fsp3) is 0.444. The van der Waals surface area contributed by atoms with E-state index < -0.39 is 0 Å². The third kappa shape index (κ3) is 5.52. The van der Waals surface area contributed by atoms with Crippen molar-refractivity contribution < 1.29 is 9.59 Å². The number of urea groups is 1. The molecule has 0 bridgehead atoms. The van der Waals surface area contributed by atoms with Crippen molar-refractivity contribution in [2.45, 2.75) is 19.3 Å². The highest BCUT2D eigenvalue weighted by Crippen LogP contribution is 2.16. The Labute approximate surface area is 157 Å². The van der Waals surface area contributed by atoms with Crippen LogP contribution in [0.2, 0.25) is 0 Å². The number of amides is 3. The molecule has 1 atom stereocenters. The van der Waals surface area contributed by atoms with E-state index in [1.54, 1.807) is 17.2 Å². The molecule has 1 aromatic carbocycles. The number of primary amides is 1. The summed E-state index contributed by atoms with van der Waals surface area (Å²) < 4.78 is 1.76. The van der Waals surface area contributed by atoms with E-state index in [1.807, 2.05) is 24.3 Å². The van der Waals surface area contributed by atoms with Crippen LogP contribution in [-0.4, -0.2) is 57.8 Å². The van der Waals surface area contributed by atoms with Gasteiger partial charge in [-0.25, -0.2) is 4.79 Å². The Balaban J connectivity index is 1.39. The zero-order valence-corrected chi connectivity index (χ0v) is 15.2. The van der Waals surface area contributed by atoms with Crippen molar-refractivity contribution >= 4 is 17.6 Å². The van der Waals surface area contributed by atoms with Crippen LogP contribution in [0.5, 0.6) is 0 Å². The number of carbonyl (C=O) groups is 2. The van der Waals surface area contributed by atoms with Gasteiger partial charge in [0, 0.05) is 18.8 Å². The minimum atomic E-state index is -0.246. The topological polar surface area (TPSA) is 118 Å². The number of benzene rings is 1. The summed E-state index contributed by atoms with van der Waals surface area (Å²) >= 11 is 0. The number of likely N-dealkylation sites (tertiary alicyclic amines) is 1. The standard InChI is InChI=1S/C18H25N7O2/c19-17(26)14-4-2-8-24(11-14)9-3-7-20-18(27)23-15-5-1-6-16(10-15)25-12-21-22-13-25/h1,5-6,10,12-14H,2-4,7-9,11H2,(H2,19,26)(H2,20,23,27). The molecule has 144 valence electrons. The summed E-state index contributed by atoms with van der Waals surface area (Å²) in [5.41, 5.74) is 6.96. The number of carbonyl (C=O) groups excluding carboxylic acids is 2. The van der Waals surface area contributed by atoms with Gasteiger partial charge in [0.05, 0.1) is 11.6 Å². The molecule has 1 aliphatic rings. The Morgan fingerprint density at radius 3 is 2.85 bits per heavy atom. The summed E-state index contributed by atoms with van der Waals surface area (Å²) in [6.45, 7) is 3.10. The number of aromatic nitrogens is 3. The maximum absolute atomic E-state index is 12.1. The van der Waals surface area contributed by atoms with Crippen LogP contribution in [0.3, 0.4) is 0 Å². The third-order valence-corrected chi connectivity index (χ3v) is 4.67. The van der Waals surface area contributed by atoms with Gasteiger partial charge in [-0.05, 0) is 50.6 Å². The van der Waals surface area contributed by atoms with E-state index in [2.05, 4.69) is 25.7 Å². The van der Waals surface area contributed by atoms with Crippen LogP contribution in [0.1, 0.15) is 19.3 Å². The van der Waals surface area contributed by atoms with Gasteiger partial charge >= 0.3 is 6.03 Å². The average molecular weight is 371 g/mol. The number of piperidine rings is 1. The Bertz CT molecular complexity index is 763. The van der Waals surface area contributed by atoms with Crippen molar-refractivity contribution in [3.63, 3.8) is 0 Å². The van der Waals surface area contributed by atoms with Crippen molar-refractivity contribution in [1.29, 1.82) is 0 Å². The molecule has 27 heavy (non-hydrogen) atoms. The Morgan fingerprint density at radius 1 is 1.26 bits per heavy atom. The normalized spacial score (nSPS) is 17.4. The number of nitrogens with zero attached hydrogens (tertiary/aromatic N) is 4. The zero-order chi connectivity index (χ0) is 19.1. The first kappa shape index (κ1) is 18.8. The van der Waals surface area contributed by atoms with Crippen LogP contribution >= 0.6 is 0 Å². The SMILES string of the molecule is NC(=O)C1CCCN(CCCNC(=O)Nc2cccc(-n3cnnc3)c2)C1. The molecule has 1 aromatic heterocycles. The molecule has 9 heteroatoms. The highest BCUT2D eigenvalue weighted by molar-refractivity contribution is 5.89. The monoisotopic (exact) mass is 371 g/mol. The van der Waals surface area contributed by atoms with E-state index >= 15 is 0 Å². The first-order valence-electron chi connectivity index (χ1n) is 9.13. The first-order chi connectivity index (χ1) is 13.1. The smallest absolute Gasteiger partial charge is 0.319 e. The van der Waals surface area contributed by atoms with Crippen molar-refractivity contribution in [1.82, 2.24) is 25.0 Å². The molecular weight excluding hydrogens is 346 g/mol. The second-order valence-electron chi connectivity index (χ2n) is 6.70. The van der Waals surface area contributed by atoms with Crippen LogP contribution < -0.4 is 16.4 Å². The van der Waals surface area contributed by atoms with Gasteiger partial charge in [0.2, 0.25) is 5.91 Å². The van der Waals surface area contributed by atoms with Gasteiger partial charge in [0.15, 0.2) is 0 Å². The van der Waals surface area contributed by atoms with E-state index in [9.17, 15) is 9.59 Å². The predicted octanol–water partition coefficient (Wildman–Crippen LogP) is 0.976. The maximum Gasteiger partial charge on any atom is 0.319 e. The Morgan fingerprint density at radius 2 is 2.07 bits per heavy atom. The zero-order valence-electron chi connectivity index (χ0n) is 15.2. The average Bonchev–Trinajstić information content (AvgIpc) is 3.20. The molecule has 2 heterocycles. The van der Waals surface area contributed by atoms with Crippen LogP contribution in [0.25, 0.3) is 5.69 Å². The molecule has 0 saturated carbocycles. The number of anilines is 1. The fourth-order valence-corrected chi connectivity index (χ4v) is 3.25. The van der Waals surface area contributed by atoms with E-state index in [0.29, 0.717) is 12.2 Å². The molecule has 1 unspecified atom stereocenters. The van der Waals surface area contributed by atoms with Crippen LogP contribution in [0.15, 0.2) is 36.9 Å². The summed E-state index contributed by atoms with van der Waals surface area (Å²) in [7, 11) is 0. The van der Waals surface area contributed by atoms with E-state index in [0.717, 1.165) is 44.6 Å². The Kier molecular flexibility index (Phi) is 6.37.